The molecular formula is C11H8F3N. The highest BCUT2D eigenvalue weighted by molar-refractivity contribution is 5.82. The van der Waals surface area contributed by atoms with Crippen molar-refractivity contribution in [2.45, 2.75) is 13.1 Å². The van der Waals surface area contributed by atoms with Crippen LogP contribution in [0.25, 0.3) is 10.9 Å². The molecule has 0 bridgehead atoms. The van der Waals surface area contributed by atoms with E-state index >= 15 is 0 Å². The zero-order valence-electron chi connectivity index (χ0n) is 7.97. The highest BCUT2D eigenvalue weighted by Gasteiger charge is 2.31. The minimum absolute atomic E-state index is 0.379. The summed E-state index contributed by atoms with van der Waals surface area (Å²) in [5.41, 5.74) is 0.323. The predicted molar refractivity (Wildman–Crippen MR) is 51.5 cm³/mol. The van der Waals surface area contributed by atoms with Crippen LogP contribution in [-0.2, 0) is 6.18 Å². The van der Waals surface area contributed by atoms with Gasteiger partial charge in [-0.05, 0) is 30.7 Å². The Morgan fingerprint density at radius 1 is 1.20 bits per heavy atom. The van der Waals surface area contributed by atoms with Crippen molar-refractivity contribution in [2.75, 3.05) is 0 Å². The van der Waals surface area contributed by atoms with E-state index in [0.29, 0.717) is 11.1 Å². The molecule has 0 fully saturated rings. The Labute approximate surface area is 84.6 Å². The van der Waals surface area contributed by atoms with Crippen molar-refractivity contribution in [3.05, 3.63) is 41.6 Å². The summed E-state index contributed by atoms with van der Waals surface area (Å²) in [5.74, 6) is 0. The lowest BCUT2D eigenvalue weighted by molar-refractivity contribution is -0.137. The van der Waals surface area contributed by atoms with Gasteiger partial charge in [0.25, 0.3) is 0 Å². The van der Waals surface area contributed by atoms with E-state index in [-0.39, 0.29) is 0 Å². The Morgan fingerprint density at radius 2 is 1.93 bits per heavy atom. The van der Waals surface area contributed by atoms with Gasteiger partial charge in [-0.3, -0.25) is 4.98 Å². The summed E-state index contributed by atoms with van der Waals surface area (Å²) >= 11 is 0. The van der Waals surface area contributed by atoms with Gasteiger partial charge < -0.3 is 0 Å². The number of aryl methyl sites for hydroxylation is 1. The number of alkyl halides is 3. The smallest absolute Gasteiger partial charge is 0.256 e. The number of nitrogens with zero attached hydrogens (tertiary/aromatic N) is 1. The molecule has 1 heterocycles. The van der Waals surface area contributed by atoms with Gasteiger partial charge in [0.05, 0.1) is 11.1 Å². The summed E-state index contributed by atoms with van der Waals surface area (Å²) in [7, 11) is 0. The van der Waals surface area contributed by atoms with Crippen LogP contribution in [0.1, 0.15) is 11.1 Å². The minimum Gasteiger partial charge on any atom is -0.256 e. The van der Waals surface area contributed by atoms with E-state index in [9.17, 15) is 13.2 Å². The van der Waals surface area contributed by atoms with Gasteiger partial charge in [-0.25, -0.2) is 0 Å². The van der Waals surface area contributed by atoms with Crippen molar-refractivity contribution in [1.29, 1.82) is 0 Å². The van der Waals surface area contributed by atoms with Gasteiger partial charge in [0.2, 0.25) is 0 Å². The summed E-state index contributed by atoms with van der Waals surface area (Å²) < 4.78 is 37.4. The van der Waals surface area contributed by atoms with Crippen LogP contribution in [0.3, 0.4) is 0 Å². The fraction of sp³-hybridized carbons (Fsp3) is 0.182. The zero-order valence-corrected chi connectivity index (χ0v) is 7.97. The van der Waals surface area contributed by atoms with Gasteiger partial charge in [-0.1, -0.05) is 6.07 Å². The summed E-state index contributed by atoms with van der Waals surface area (Å²) in [6.45, 7) is 1.65. The molecule has 2 aromatic rings. The molecule has 0 saturated carbocycles. The number of benzene rings is 1. The average molecular weight is 211 g/mol. The van der Waals surface area contributed by atoms with E-state index in [1.807, 2.05) is 0 Å². The second-order valence-corrected chi connectivity index (χ2v) is 3.36. The standard InChI is InChI=1S/C11H8F3N/c1-7-5-8(11(12,13)14)6-10-9(7)3-2-4-15-10/h2-6H,1H3. The number of pyridine rings is 1. The molecule has 0 spiro atoms. The first kappa shape index (κ1) is 9.96. The fourth-order valence-electron chi connectivity index (χ4n) is 1.53. The van der Waals surface area contributed by atoms with E-state index < -0.39 is 11.7 Å². The number of halogens is 3. The van der Waals surface area contributed by atoms with Crippen LogP contribution in [0, 0.1) is 6.92 Å². The molecule has 4 heteroatoms. The van der Waals surface area contributed by atoms with E-state index in [1.54, 1.807) is 19.1 Å². The largest absolute Gasteiger partial charge is 0.416 e. The molecule has 78 valence electrons. The molecule has 0 amide bonds. The second-order valence-electron chi connectivity index (χ2n) is 3.36. The average Bonchev–Trinajstić information content (AvgIpc) is 2.16. The van der Waals surface area contributed by atoms with Crippen molar-refractivity contribution in [3.8, 4) is 0 Å². The molecule has 1 nitrogen and oxygen atoms in total. The van der Waals surface area contributed by atoms with Crippen molar-refractivity contribution in [2.24, 2.45) is 0 Å². The Morgan fingerprint density at radius 3 is 2.60 bits per heavy atom. The molecule has 15 heavy (non-hydrogen) atoms. The van der Waals surface area contributed by atoms with Gasteiger partial charge in [0.1, 0.15) is 0 Å². The second kappa shape index (κ2) is 3.22. The molecule has 0 atom stereocenters. The topological polar surface area (TPSA) is 12.9 Å². The highest BCUT2D eigenvalue weighted by Crippen LogP contribution is 2.32. The van der Waals surface area contributed by atoms with Crippen molar-refractivity contribution in [1.82, 2.24) is 4.98 Å². The lowest BCUT2D eigenvalue weighted by atomic mass is 10.1. The predicted octanol–water partition coefficient (Wildman–Crippen LogP) is 3.56. The molecule has 0 radical (unpaired) electrons. The molecule has 0 aliphatic carbocycles. The van der Waals surface area contributed by atoms with Crippen LogP contribution in [0.15, 0.2) is 30.5 Å². The maximum Gasteiger partial charge on any atom is 0.416 e. The Kier molecular flexibility index (Phi) is 2.14. The third-order valence-electron chi connectivity index (χ3n) is 2.25. The number of hydrogen-bond acceptors (Lipinski definition) is 1. The molecule has 0 aliphatic rings. The maximum atomic E-state index is 12.5. The Bertz CT molecular complexity index is 503. The molecule has 0 saturated heterocycles. The first-order valence-corrected chi connectivity index (χ1v) is 4.41. The number of fused-ring (bicyclic) bond motifs is 1. The summed E-state index contributed by atoms with van der Waals surface area (Å²) in [6.07, 6.45) is -2.82. The molecule has 1 aromatic heterocycles. The van der Waals surface area contributed by atoms with Gasteiger partial charge in [0, 0.05) is 11.6 Å². The molecule has 0 aliphatic heterocycles. The molecule has 1 aromatic carbocycles. The third-order valence-corrected chi connectivity index (χ3v) is 2.25. The first-order chi connectivity index (χ1) is 6.98. The normalized spacial score (nSPS) is 12.0. The SMILES string of the molecule is Cc1cc(C(F)(F)F)cc2ncccc12. The fourth-order valence-corrected chi connectivity index (χ4v) is 1.53. The van der Waals surface area contributed by atoms with E-state index in [0.717, 1.165) is 17.5 Å². The van der Waals surface area contributed by atoms with Crippen molar-refractivity contribution < 1.29 is 13.2 Å². The summed E-state index contributed by atoms with van der Waals surface area (Å²) in [6, 6.07) is 5.69. The van der Waals surface area contributed by atoms with Crippen LogP contribution >= 0.6 is 0 Å². The monoisotopic (exact) mass is 211 g/mol. The van der Waals surface area contributed by atoms with Crippen LogP contribution < -0.4 is 0 Å². The minimum atomic E-state index is -4.31. The molecule has 0 N–H and O–H groups in total. The van der Waals surface area contributed by atoms with Crippen LogP contribution in [0.5, 0.6) is 0 Å². The first-order valence-electron chi connectivity index (χ1n) is 4.41. The quantitative estimate of drug-likeness (QED) is 0.649. The molecular weight excluding hydrogens is 203 g/mol. The zero-order chi connectivity index (χ0) is 11.1. The number of hydrogen-bond donors (Lipinski definition) is 0. The number of rotatable bonds is 0. The van der Waals surface area contributed by atoms with Gasteiger partial charge in [0.15, 0.2) is 0 Å². The maximum absolute atomic E-state index is 12.5. The Hall–Kier alpha value is -1.58. The van der Waals surface area contributed by atoms with Crippen molar-refractivity contribution in [3.63, 3.8) is 0 Å². The van der Waals surface area contributed by atoms with E-state index in [4.69, 9.17) is 0 Å². The van der Waals surface area contributed by atoms with Crippen LogP contribution in [-0.4, -0.2) is 4.98 Å². The third kappa shape index (κ3) is 1.79. The van der Waals surface area contributed by atoms with E-state index in [2.05, 4.69) is 4.98 Å². The van der Waals surface area contributed by atoms with Crippen molar-refractivity contribution >= 4 is 10.9 Å². The van der Waals surface area contributed by atoms with Crippen LogP contribution in [0.2, 0.25) is 0 Å². The van der Waals surface area contributed by atoms with E-state index in [1.165, 1.54) is 6.20 Å². The molecule has 2 rings (SSSR count). The highest BCUT2D eigenvalue weighted by atomic mass is 19.4. The number of aromatic nitrogens is 1. The summed E-state index contributed by atoms with van der Waals surface area (Å²) in [5, 5.41) is 0.755. The molecule has 0 unspecified atom stereocenters. The van der Waals surface area contributed by atoms with Crippen LogP contribution in [0.4, 0.5) is 13.2 Å². The van der Waals surface area contributed by atoms with Gasteiger partial charge in [-0.15, -0.1) is 0 Å². The van der Waals surface area contributed by atoms with Gasteiger partial charge in [-0.2, -0.15) is 13.2 Å². The lowest BCUT2D eigenvalue weighted by Crippen LogP contribution is -2.05. The lowest BCUT2D eigenvalue weighted by Gasteiger charge is -2.09. The van der Waals surface area contributed by atoms with Gasteiger partial charge >= 0.3 is 6.18 Å². The summed E-state index contributed by atoms with van der Waals surface area (Å²) in [4.78, 5) is 3.92. The Balaban J connectivity index is 2.73.